The van der Waals surface area contributed by atoms with Gasteiger partial charge in [-0.3, -0.25) is 4.79 Å². The van der Waals surface area contributed by atoms with E-state index in [9.17, 15) is 4.79 Å². The molecule has 2 aliphatic heterocycles. The summed E-state index contributed by atoms with van der Waals surface area (Å²) >= 11 is 0. The number of amides is 1. The molecule has 3 rings (SSSR count). The Morgan fingerprint density at radius 2 is 2.14 bits per heavy atom. The molecule has 0 N–H and O–H groups in total. The highest BCUT2D eigenvalue weighted by Crippen LogP contribution is 2.31. The minimum atomic E-state index is -0.0776. The minimum absolute atomic E-state index is 0.0776. The lowest BCUT2D eigenvalue weighted by atomic mass is 10.1. The topological polar surface area (TPSA) is 52.6 Å². The predicted molar refractivity (Wildman–Crippen MR) is 81.1 cm³/mol. The maximum absolute atomic E-state index is 12.4. The second-order valence-corrected chi connectivity index (χ2v) is 6.19. The molecule has 0 spiro atoms. The van der Waals surface area contributed by atoms with Gasteiger partial charge in [0.05, 0.1) is 5.69 Å². The molecule has 1 saturated heterocycles. The Balaban J connectivity index is 1.95. The van der Waals surface area contributed by atoms with E-state index in [-0.39, 0.29) is 11.9 Å². The number of fused-ring (bicyclic) bond motifs is 1. The van der Waals surface area contributed by atoms with Gasteiger partial charge in [0.25, 0.3) is 0 Å². The first-order valence-corrected chi connectivity index (χ1v) is 7.57. The van der Waals surface area contributed by atoms with Crippen molar-refractivity contribution in [2.75, 3.05) is 39.1 Å². The van der Waals surface area contributed by atoms with Crippen LogP contribution in [0.4, 0.5) is 5.82 Å². The fraction of sp³-hybridized carbons (Fsp3) is 0.667. The Morgan fingerprint density at radius 1 is 1.33 bits per heavy atom. The van der Waals surface area contributed by atoms with Gasteiger partial charge >= 0.3 is 0 Å². The summed E-state index contributed by atoms with van der Waals surface area (Å²) < 4.78 is 0. The van der Waals surface area contributed by atoms with Crippen LogP contribution in [0.5, 0.6) is 0 Å². The van der Waals surface area contributed by atoms with E-state index >= 15 is 0 Å². The van der Waals surface area contributed by atoms with E-state index in [1.165, 1.54) is 5.56 Å². The second kappa shape index (κ2) is 5.60. The molecule has 1 fully saturated rings. The van der Waals surface area contributed by atoms with Crippen LogP contribution in [0, 0.1) is 0 Å². The third-order valence-corrected chi connectivity index (χ3v) is 4.42. The van der Waals surface area contributed by atoms with Crippen molar-refractivity contribution in [3.05, 3.63) is 17.6 Å². The normalized spacial score (nSPS) is 22.2. The zero-order valence-electron chi connectivity index (χ0n) is 13.0. The Morgan fingerprint density at radius 3 is 2.90 bits per heavy atom. The standard InChI is InChI=1S/C15H23N5O/c1-18(2)15(21)13-5-4-7-20(13)14-11-9-19(3)8-6-12(11)16-10-17-14/h10,13H,4-9H2,1-3H3/t13-/m0/s1. The lowest BCUT2D eigenvalue weighted by Gasteiger charge is -2.32. The Bertz CT molecular complexity index is 545. The molecule has 1 aromatic rings. The van der Waals surface area contributed by atoms with Crippen LogP contribution in [-0.2, 0) is 17.8 Å². The number of hydrogen-bond donors (Lipinski definition) is 0. The fourth-order valence-electron chi connectivity index (χ4n) is 3.28. The molecule has 2 aliphatic rings. The number of anilines is 1. The lowest BCUT2D eigenvalue weighted by molar-refractivity contribution is -0.129. The average molecular weight is 289 g/mol. The zero-order chi connectivity index (χ0) is 15.0. The first kappa shape index (κ1) is 14.3. The van der Waals surface area contributed by atoms with Crippen molar-refractivity contribution in [1.82, 2.24) is 19.8 Å². The van der Waals surface area contributed by atoms with Crippen LogP contribution in [-0.4, -0.2) is 65.9 Å². The smallest absolute Gasteiger partial charge is 0.244 e. The van der Waals surface area contributed by atoms with Gasteiger partial charge in [-0.25, -0.2) is 9.97 Å². The Labute approximate surface area is 125 Å². The molecular weight excluding hydrogens is 266 g/mol. The molecule has 1 atom stereocenters. The number of nitrogens with zero attached hydrogens (tertiary/aromatic N) is 5. The summed E-state index contributed by atoms with van der Waals surface area (Å²) in [6.45, 7) is 2.80. The van der Waals surface area contributed by atoms with E-state index in [1.54, 1.807) is 11.2 Å². The van der Waals surface area contributed by atoms with Crippen LogP contribution in [0.2, 0.25) is 0 Å². The van der Waals surface area contributed by atoms with Gasteiger partial charge < -0.3 is 14.7 Å². The van der Waals surface area contributed by atoms with E-state index < -0.39 is 0 Å². The quantitative estimate of drug-likeness (QED) is 0.794. The molecule has 6 nitrogen and oxygen atoms in total. The van der Waals surface area contributed by atoms with Crippen LogP contribution in [0.15, 0.2) is 6.33 Å². The minimum Gasteiger partial charge on any atom is -0.347 e. The second-order valence-electron chi connectivity index (χ2n) is 6.19. The molecule has 3 heterocycles. The summed E-state index contributed by atoms with van der Waals surface area (Å²) in [6, 6.07) is -0.0776. The van der Waals surface area contributed by atoms with Crippen molar-refractivity contribution in [1.29, 1.82) is 0 Å². The van der Waals surface area contributed by atoms with Crippen molar-refractivity contribution < 1.29 is 4.79 Å². The van der Waals surface area contributed by atoms with Crippen molar-refractivity contribution >= 4 is 11.7 Å². The van der Waals surface area contributed by atoms with Crippen molar-refractivity contribution in [3.8, 4) is 0 Å². The summed E-state index contributed by atoms with van der Waals surface area (Å²) in [7, 11) is 5.76. The highest BCUT2D eigenvalue weighted by Gasteiger charge is 2.35. The van der Waals surface area contributed by atoms with Gasteiger partial charge in [0.2, 0.25) is 5.91 Å². The summed E-state index contributed by atoms with van der Waals surface area (Å²) in [5.41, 5.74) is 2.34. The number of carbonyl (C=O) groups is 1. The number of carbonyl (C=O) groups excluding carboxylic acids is 1. The molecule has 0 saturated carbocycles. The molecule has 6 heteroatoms. The van der Waals surface area contributed by atoms with Gasteiger partial charge in [-0.05, 0) is 19.9 Å². The maximum atomic E-state index is 12.4. The SMILES string of the molecule is CN1CCc2ncnc(N3CCC[C@H]3C(=O)N(C)C)c2C1. The molecule has 0 bridgehead atoms. The Kier molecular flexibility index (Phi) is 3.80. The summed E-state index contributed by atoms with van der Waals surface area (Å²) in [5, 5.41) is 0. The van der Waals surface area contributed by atoms with E-state index in [0.29, 0.717) is 0 Å². The Hall–Kier alpha value is -1.69. The summed E-state index contributed by atoms with van der Waals surface area (Å²) in [6.07, 6.45) is 4.56. The van der Waals surface area contributed by atoms with E-state index in [2.05, 4.69) is 26.8 Å². The van der Waals surface area contributed by atoms with Crippen molar-refractivity contribution in [2.24, 2.45) is 0 Å². The average Bonchev–Trinajstić information content (AvgIpc) is 2.94. The molecule has 1 amide bonds. The molecule has 0 aromatic carbocycles. The number of likely N-dealkylation sites (N-methyl/N-ethyl adjacent to an activating group) is 2. The molecule has 0 radical (unpaired) electrons. The van der Waals surface area contributed by atoms with Gasteiger partial charge in [0.1, 0.15) is 18.2 Å². The van der Waals surface area contributed by atoms with Crippen LogP contribution < -0.4 is 4.90 Å². The molecular formula is C15H23N5O. The van der Waals surface area contributed by atoms with Crippen LogP contribution >= 0.6 is 0 Å². The van der Waals surface area contributed by atoms with Crippen molar-refractivity contribution in [3.63, 3.8) is 0 Å². The highest BCUT2D eigenvalue weighted by molar-refractivity contribution is 5.85. The van der Waals surface area contributed by atoms with E-state index in [1.807, 2.05) is 14.1 Å². The van der Waals surface area contributed by atoms with Gasteiger partial charge in [0.15, 0.2) is 0 Å². The number of rotatable bonds is 2. The summed E-state index contributed by atoms with van der Waals surface area (Å²) in [5.74, 6) is 1.13. The first-order chi connectivity index (χ1) is 10.1. The van der Waals surface area contributed by atoms with Gasteiger partial charge in [-0.2, -0.15) is 0 Å². The van der Waals surface area contributed by atoms with E-state index in [4.69, 9.17) is 0 Å². The number of aromatic nitrogens is 2. The third kappa shape index (κ3) is 2.60. The van der Waals surface area contributed by atoms with Crippen molar-refractivity contribution in [2.45, 2.75) is 31.8 Å². The zero-order valence-corrected chi connectivity index (χ0v) is 13.0. The monoisotopic (exact) mass is 289 g/mol. The highest BCUT2D eigenvalue weighted by atomic mass is 16.2. The molecule has 1 aromatic heterocycles. The van der Waals surface area contributed by atoms with Crippen LogP contribution in [0.1, 0.15) is 24.1 Å². The van der Waals surface area contributed by atoms with Crippen LogP contribution in [0.3, 0.4) is 0 Å². The maximum Gasteiger partial charge on any atom is 0.244 e. The summed E-state index contributed by atoms with van der Waals surface area (Å²) in [4.78, 5) is 27.5. The predicted octanol–water partition coefficient (Wildman–Crippen LogP) is 0.522. The fourth-order valence-corrected chi connectivity index (χ4v) is 3.28. The molecule has 114 valence electrons. The van der Waals surface area contributed by atoms with Gasteiger partial charge in [0, 0.05) is 45.7 Å². The largest absolute Gasteiger partial charge is 0.347 e. The molecule has 21 heavy (non-hydrogen) atoms. The lowest BCUT2D eigenvalue weighted by Crippen LogP contribution is -2.44. The first-order valence-electron chi connectivity index (χ1n) is 7.57. The molecule has 0 aliphatic carbocycles. The van der Waals surface area contributed by atoms with E-state index in [0.717, 1.165) is 50.4 Å². The third-order valence-electron chi connectivity index (χ3n) is 4.42. The van der Waals surface area contributed by atoms with Gasteiger partial charge in [-0.1, -0.05) is 0 Å². The number of hydrogen-bond acceptors (Lipinski definition) is 5. The van der Waals surface area contributed by atoms with Crippen LogP contribution in [0.25, 0.3) is 0 Å². The van der Waals surface area contributed by atoms with Gasteiger partial charge in [-0.15, -0.1) is 0 Å². The molecule has 0 unspecified atom stereocenters.